The van der Waals surface area contributed by atoms with Gasteiger partial charge in [0.15, 0.2) is 0 Å². The van der Waals surface area contributed by atoms with Crippen LogP contribution in [0.4, 0.5) is 11.5 Å². The molecule has 30 heavy (non-hydrogen) atoms. The standard InChI is InChI=1S/C26H31N3O/c1-4-19-11-5-7-13-23(19)27-25-16-21(20-12-6-8-14-24(20)28-25)26(30)29-22-15-9-10-17(2)18(22)3/h5-8,11-14,16-18,22H,4,9-10,15H2,1-3H3,(H,27,28)(H,29,30)/t17-,18-,22-/m1/s1. The Kier molecular flexibility index (Phi) is 6.03. The van der Waals surface area contributed by atoms with Gasteiger partial charge in [-0.3, -0.25) is 4.79 Å². The molecule has 0 unspecified atom stereocenters. The highest BCUT2D eigenvalue weighted by Crippen LogP contribution is 2.30. The minimum atomic E-state index is -0.00798. The third-order valence-electron chi connectivity index (χ3n) is 6.65. The van der Waals surface area contributed by atoms with E-state index in [-0.39, 0.29) is 11.9 Å². The fourth-order valence-electron chi connectivity index (χ4n) is 4.55. The Balaban J connectivity index is 1.67. The number of hydrogen-bond acceptors (Lipinski definition) is 3. The van der Waals surface area contributed by atoms with Crippen molar-refractivity contribution in [1.29, 1.82) is 0 Å². The molecule has 0 radical (unpaired) electrons. The average Bonchev–Trinajstić information content (AvgIpc) is 2.76. The summed E-state index contributed by atoms with van der Waals surface area (Å²) in [5.41, 5.74) is 3.77. The second-order valence-electron chi connectivity index (χ2n) is 8.56. The van der Waals surface area contributed by atoms with Crippen molar-refractivity contribution in [3.05, 3.63) is 65.7 Å². The predicted octanol–water partition coefficient (Wildman–Crippen LogP) is 6.10. The Morgan fingerprint density at radius 3 is 2.67 bits per heavy atom. The Labute approximate surface area is 179 Å². The largest absolute Gasteiger partial charge is 0.349 e. The van der Waals surface area contributed by atoms with Gasteiger partial charge in [-0.05, 0) is 48.4 Å². The van der Waals surface area contributed by atoms with Crippen LogP contribution < -0.4 is 10.6 Å². The summed E-state index contributed by atoms with van der Waals surface area (Å²) in [7, 11) is 0. The molecule has 0 bridgehead atoms. The highest BCUT2D eigenvalue weighted by atomic mass is 16.1. The SMILES string of the molecule is CCc1ccccc1Nc1cc(C(=O)N[C@@H]2CCC[C@@H](C)[C@H]2C)c2ccccc2n1. The summed E-state index contributed by atoms with van der Waals surface area (Å²) in [6, 6.07) is 18.2. The first-order valence-corrected chi connectivity index (χ1v) is 11.1. The van der Waals surface area contributed by atoms with Gasteiger partial charge in [-0.1, -0.05) is 70.0 Å². The van der Waals surface area contributed by atoms with E-state index in [0.717, 1.165) is 29.4 Å². The number of nitrogens with zero attached hydrogens (tertiary/aromatic N) is 1. The van der Waals surface area contributed by atoms with E-state index in [2.05, 4.69) is 43.5 Å². The maximum absolute atomic E-state index is 13.3. The summed E-state index contributed by atoms with van der Waals surface area (Å²) in [6.45, 7) is 6.69. The van der Waals surface area contributed by atoms with Crippen LogP contribution in [0.5, 0.6) is 0 Å². The van der Waals surface area contributed by atoms with E-state index in [1.807, 2.05) is 42.5 Å². The van der Waals surface area contributed by atoms with Crippen LogP contribution in [0.2, 0.25) is 0 Å². The lowest BCUT2D eigenvalue weighted by Gasteiger charge is -2.34. The van der Waals surface area contributed by atoms with Crippen molar-refractivity contribution in [1.82, 2.24) is 10.3 Å². The minimum absolute atomic E-state index is 0.00798. The first-order chi connectivity index (χ1) is 14.6. The van der Waals surface area contributed by atoms with E-state index in [1.54, 1.807) is 0 Å². The number of carbonyl (C=O) groups excluding carboxylic acids is 1. The molecule has 1 aliphatic carbocycles. The van der Waals surface area contributed by atoms with E-state index in [9.17, 15) is 4.79 Å². The molecular formula is C26H31N3O. The number of fused-ring (bicyclic) bond motifs is 1. The third kappa shape index (κ3) is 4.18. The molecule has 1 aliphatic rings. The molecular weight excluding hydrogens is 370 g/mol. The summed E-state index contributed by atoms with van der Waals surface area (Å²) in [5.74, 6) is 1.82. The summed E-state index contributed by atoms with van der Waals surface area (Å²) < 4.78 is 0. The Morgan fingerprint density at radius 2 is 1.83 bits per heavy atom. The lowest BCUT2D eigenvalue weighted by Crippen LogP contribution is -2.43. The van der Waals surface area contributed by atoms with Crippen LogP contribution in [0.15, 0.2) is 54.6 Å². The molecule has 0 spiro atoms. The van der Waals surface area contributed by atoms with Crippen LogP contribution in [0.3, 0.4) is 0 Å². The van der Waals surface area contributed by atoms with Crippen LogP contribution >= 0.6 is 0 Å². The van der Waals surface area contributed by atoms with Gasteiger partial charge in [0.2, 0.25) is 0 Å². The van der Waals surface area contributed by atoms with Crippen molar-refractivity contribution in [3.8, 4) is 0 Å². The maximum Gasteiger partial charge on any atom is 0.252 e. The molecule has 1 aromatic heterocycles. The van der Waals surface area contributed by atoms with Gasteiger partial charge in [0.25, 0.3) is 5.91 Å². The van der Waals surface area contributed by atoms with Crippen molar-refractivity contribution in [2.45, 2.75) is 52.5 Å². The molecule has 1 saturated carbocycles. The average molecular weight is 402 g/mol. The van der Waals surface area contributed by atoms with Gasteiger partial charge >= 0.3 is 0 Å². The van der Waals surface area contributed by atoms with Crippen LogP contribution in [0.1, 0.15) is 56.0 Å². The number of hydrogen-bond donors (Lipinski definition) is 2. The highest BCUT2D eigenvalue weighted by Gasteiger charge is 2.29. The van der Waals surface area contributed by atoms with Crippen LogP contribution in [-0.2, 0) is 6.42 Å². The molecule has 1 amide bonds. The lowest BCUT2D eigenvalue weighted by molar-refractivity contribution is 0.0892. The molecule has 3 aromatic rings. The summed E-state index contributed by atoms with van der Waals surface area (Å²) in [5, 5.41) is 7.66. The third-order valence-corrected chi connectivity index (χ3v) is 6.65. The Morgan fingerprint density at radius 1 is 1.07 bits per heavy atom. The summed E-state index contributed by atoms with van der Waals surface area (Å²) >= 11 is 0. The number of aromatic nitrogens is 1. The first kappa shape index (κ1) is 20.4. The van der Waals surface area contributed by atoms with Gasteiger partial charge in [-0.2, -0.15) is 0 Å². The number of amides is 1. The quantitative estimate of drug-likeness (QED) is 0.543. The second kappa shape index (κ2) is 8.86. The fourth-order valence-corrected chi connectivity index (χ4v) is 4.55. The van der Waals surface area contributed by atoms with Crippen molar-refractivity contribution in [2.24, 2.45) is 11.8 Å². The van der Waals surface area contributed by atoms with Gasteiger partial charge in [0.1, 0.15) is 5.82 Å². The molecule has 2 aromatic carbocycles. The zero-order valence-electron chi connectivity index (χ0n) is 18.1. The van der Waals surface area contributed by atoms with E-state index >= 15 is 0 Å². The van der Waals surface area contributed by atoms with Gasteiger partial charge in [-0.15, -0.1) is 0 Å². The van der Waals surface area contributed by atoms with Crippen LogP contribution in [0, 0.1) is 11.8 Å². The number of carbonyl (C=O) groups is 1. The summed E-state index contributed by atoms with van der Waals surface area (Å²) in [4.78, 5) is 18.1. The monoisotopic (exact) mass is 401 g/mol. The first-order valence-electron chi connectivity index (χ1n) is 11.1. The van der Waals surface area contributed by atoms with E-state index in [1.165, 1.54) is 18.4 Å². The van der Waals surface area contributed by atoms with Gasteiger partial charge in [-0.25, -0.2) is 4.98 Å². The van der Waals surface area contributed by atoms with Gasteiger partial charge < -0.3 is 10.6 Å². The Hall–Kier alpha value is -2.88. The van der Waals surface area contributed by atoms with Crippen molar-refractivity contribution in [3.63, 3.8) is 0 Å². The van der Waals surface area contributed by atoms with Crippen LogP contribution in [-0.4, -0.2) is 16.9 Å². The second-order valence-corrected chi connectivity index (χ2v) is 8.56. The van der Waals surface area contributed by atoms with Gasteiger partial charge in [0.05, 0.1) is 11.1 Å². The number of anilines is 2. The van der Waals surface area contributed by atoms with Crippen molar-refractivity contribution >= 4 is 28.3 Å². The molecule has 0 saturated heterocycles. The highest BCUT2D eigenvalue weighted by molar-refractivity contribution is 6.07. The number of para-hydroxylation sites is 2. The smallest absolute Gasteiger partial charge is 0.252 e. The maximum atomic E-state index is 13.3. The van der Waals surface area contributed by atoms with E-state index in [4.69, 9.17) is 4.98 Å². The number of rotatable bonds is 5. The number of nitrogens with one attached hydrogen (secondary N) is 2. The van der Waals surface area contributed by atoms with E-state index in [0.29, 0.717) is 23.2 Å². The van der Waals surface area contributed by atoms with Gasteiger partial charge in [0, 0.05) is 17.1 Å². The molecule has 3 atom stereocenters. The molecule has 1 heterocycles. The van der Waals surface area contributed by atoms with E-state index < -0.39 is 0 Å². The fraction of sp³-hybridized carbons (Fsp3) is 0.385. The predicted molar refractivity (Wildman–Crippen MR) is 124 cm³/mol. The zero-order valence-corrected chi connectivity index (χ0v) is 18.1. The molecule has 4 nitrogen and oxygen atoms in total. The normalized spacial score (nSPS) is 21.4. The number of aryl methyl sites for hydroxylation is 1. The molecule has 4 heteroatoms. The minimum Gasteiger partial charge on any atom is -0.349 e. The molecule has 2 N–H and O–H groups in total. The topological polar surface area (TPSA) is 54.0 Å². The lowest BCUT2D eigenvalue weighted by atomic mass is 9.78. The number of benzene rings is 2. The summed E-state index contributed by atoms with van der Waals surface area (Å²) in [6.07, 6.45) is 4.40. The van der Waals surface area contributed by atoms with Crippen molar-refractivity contribution in [2.75, 3.05) is 5.32 Å². The molecule has 156 valence electrons. The van der Waals surface area contributed by atoms with Crippen LogP contribution in [0.25, 0.3) is 10.9 Å². The molecule has 4 rings (SSSR count). The zero-order chi connectivity index (χ0) is 21.1. The molecule has 1 fully saturated rings. The van der Waals surface area contributed by atoms with Crippen molar-refractivity contribution < 1.29 is 4.79 Å². The number of pyridine rings is 1. The Bertz CT molecular complexity index is 1050. The molecule has 0 aliphatic heterocycles.